The van der Waals surface area contributed by atoms with Gasteiger partial charge in [-0.15, -0.1) is 0 Å². The molecule has 0 atom stereocenters. The molecule has 0 bridgehead atoms. The van der Waals surface area contributed by atoms with Crippen LogP contribution in [-0.4, -0.2) is 34.7 Å². The van der Waals surface area contributed by atoms with Gasteiger partial charge in [0.25, 0.3) is 10.1 Å². The summed E-state index contributed by atoms with van der Waals surface area (Å²) in [6.45, 7) is 0. The van der Waals surface area contributed by atoms with E-state index in [0.29, 0.717) is 0 Å². The number of halogens is 12. The van der Waals surface area contributed by atoms with Gasteiger partial charge in [-0.3, -0.25) is 4.55 Å². The Hall–Kier alpha value is -0.918. The van der Waals surface area contributed by atoms with Gasteiger partial charge < -0.3 is 53.2 Å². The predicted octanol–water partition coefficient (Wildman–Crippen LogP) is 1.95. The molecule has 0 aromatic heterocycles. The van der Waals surface area contributed by atoms with Crippen molar-refractivity contribution in [3.05, 3.63) is 30.3 Å². The van der Waals surface area contributed by atoms with Crippen molar-refractivity contribution >= 4 is 31.9 Å². The zero-order valence-corrected chi connectivity index (χ0v) is 13.1. The molecule has 0 aliphatic rings. The van der Waals surface area contributed by atoms with Crippen LogP contribution in [0.15, 0.2) is 35.2 Å². The smallest absolute Gasteiger partial charge is 1.00 e. The van der Waals surface area contributed by atoms with E-state index >= 15 is 0 Å². The Morgan fingerprint density at radius 3 is 0.962 bits per heavy atom. The summed E-state index contributed by atoms with van der Waals surface area (Å²) in [4.78, 5) is -0.0741. The average molecular weight is 427 g/mol. The van der Waals surface area contributed by atoms with E-state index in [-0.39, 0.29) is 25.2 Å². The van der Waals surface area contributed by atoms with E-state index in [9.17, 15) is 60.2 Å². The van der Waals surface area contributed by atoms with Crippen LogP contribution in [-0.2, 0) is 10.1 Å². The summed E-state index contributed by atoms with van der Waals surface area (Å²) in [5, 5.41) is 0. The second kappa shape index (κ2) is 13.3. The molecule has 1 aromatic carbocycles. The van der Waals surface area contributed by atoms with Gasteiger partial charge in [-0.1, -0.05) is 18.2 Å². The monoisotopic (exact) mass is 427 g/mol. The van der Waals surface area contributed by atoms with Crippen molar-refractivity contribution in [1.82, 2.24) is 0 Å². The summed E-state index contributed by atoms with van der Waals surface area (Å²) in [5.41, 5.74) is 0. The van der Waals surface area contributed by atoms with Crippen molar-refractivity contribution < 1.29 is 85.0 Å². The Labute approximate surface area is 152 Å². The van der Waals surface area contributed by atoms with Crippen LogP contribution in [0.4, 0.5) is 51.8 Å². The zero-order chi connectivity index (χ0) is 21.1. The molecule has 0 aliphatic carbocycles. The van der Waals surface area contributed by atoms with E-state index < -0.39 is 31.9 Å². The first-order valence-corrected chi connectivity index (χ1v) is 6.69. The molecule has 26 heavy (non-hydrogen) atoms. The molecule has 20 heteroatoms. The molecule has 0 saturated heterocycles. The average Bonchev–Trinajstić information content (AvgIpc) is 2.22. The molecule has 1 rings (SSSR count). The SMILES string of the molecule is F[B-](F)(F)F.F[B-](F)(F)F.F[B-](F)(F)F.O=S(=O)(O)c1ccccc1.[H-].[Li+]. The first kappa shape index (κ1) is 32.7. The summed E-state index contributed by atoms with van der Waals surface area (Å²) >= 11 is 0. The van der Waals surface area contributed by atoms with E-state index in [0.717, 1.165) is 0 Å². The largest absolute Gasteiger partial charge is 1.00 e. The van der Waals surface area contributed by atoms with Gasteiger partial charge in [-0.05, 0) is 12.1 Å². The summed E-state index contributed by atoms with van der Waals surface area (Å²) in [6, 6.07) is 7.42. The minimum atomic E-state index is -6.00. The molecule has 3 nitrogen and oxygen atoms in total. The third kappa shape index (κ3) is 65.8. The van der Waals surface area contributed by atoms with Crippen LogP contribution < -0.4 is 18.9 Å². The minimum Gasteiger partial charge on any atom is -1.00 e. The molecule has 0 fully saturated rings. The van der Waals surface area contributed by atoms with Gasteiger partial charge in [0.1, 0.15) is 0 Å². The fourth-order valence-corrected chi connectivity index (χ4v) is 1.09. The van der Waals surface area contributed by atoms with Crippen molar-refractivity contribution in [3.63, 3.8) is 0 Å². The summed E-state index contributed by atoms with van der Waals surface area (Å²) in [5.74, 6) is 0. The van der Waals surface area contributed by atoms with Crippen LogP contribution >= 0.6 is 0 Å². The number of rotatable bonds is 1. The van der Waals surface area contributed by atoms with Crippen LogP contribution in [0, 0.1) is 0 Å². The molecular formula is C6H7B3F12LiO3S-3. The van der Waals surface area contributed by atoms with Crippen LogP contribution in [0.3, 0.4) is 0 Å². The molecule has 152 valence electrons. The molecule has 0 spiro atoms. The van der Waals surface area contributed by atoms with Gasteiger partial charge in [-0.25, -0.2) is 0 Å². The van der Waals surface area contributed by atoms with Crippen molar-refractivity contribution in [3.8, 4) is 0 Å². The second-order valence-corrected chi connectivity index (χ2v) is 4.69. The molecular weight excluding hydrogens is 419 g/mol. The third-order valence-electron chi connectivity index (χ3n) is 1.04. The van der Waals surface area contributed by atoms with Crippen molar-refractivity contribution in [2.24, 2.45) is 0 Å². The maximum atomic E-state index is 10.4. The Balaban J connectivity index is -0.0000000831. The summed E-state index contributed by atoms with van der Waals surface area (Å²) in [7, 11) is -22.0. The fourth-order valence-electron chi connectivity index (χ4n) is 0.592. The van der Waals surface area contributed by atoms with E-state index in [1.807, 2.05) is 0 Å². The third-order valence-corrected chi connectivity index (χ3v) is 1.91. The van der Waals surface area contributed by atoms with E-state index in [2.05, 4.69) is 0 Å². The molecule has 1 aromatic rings. The Bertz CT molecular complexity index is 520. The summed E-state index contributed by atoms with van der Waals surface area (Å²) < 4.78 is 146. The number of hydrogen-bond donors (Lipinski definition) is 1. The Morgan fingerprint density at radius 2 is 0.846 bits per heavy atom. The maximum absolute atomic E-state index is 10.4. The number of hydrogen-bond acceptors (Lipinski definition) is 2. The van der Waals surface area contributed by atoms with Gasteiger partial charge >= 0.3 is 40.6 Å². The second-order valence-electron chi connectivity index (χ2n) is 3.27. The fraction of sp³-hybridized carbons (Fsp3) is 0. The number of benzene rings is 1. The summed E-state index contributed by atoms with van der Waals surface area (Å²) in [6.07, 6.45) is 0. The topological polar surface area (TPSA) is 54.4 Å². The van der Waals surface area contributed by atoms with Gasteiger partial charge in [-0.2, -0.15) is 8.42 Å². The minimum absolute atomic E-state index is 0. The Morgan fingerprint density at radius 1 is 0.654 bits per heavy atom. The molecule has 0 radical (unpaired) electrons. The van der Waals surface area contributed by atoms with E-state index in [1.165, 1.54) is 12.1 Å². The van der Waals surface area contributed by atoms with Crippen molar-refractivity contribution in [1.29, 1.82) is 0 Å². The van der Waals surface area contributed by atoms with Crippen molar-refractivity contribution in [2.45, 2.75) is 4.90 Å². The molecule has 0 aliphatic heterocycles. The van der Waals surface area contributed by atoms with E-state index in [4.69, 9.17) is 4.55 Å². The molecule has 1 N–H and O–H groups in total. The van der Waals surface area contributed by atoms with Crippen LogP contribution in [0.1, 0.15) is 1.43 Å². The van der Waals surface area contributed by atoms with Crippen molar-refractivity contribution in [2.75, 3.05) is 0 Å². The standard InChI is InChI=1S/C6H6O3S.3BF4.Li.H/c7-10(8,9)6-4-2-1-3-5-6;3*2-1(3,4)5;;/h1-5H,(H,7,8,9);;;;;/q;3*-1;+1;-1. The van der Waals surface area contributed by atoms with E-state index in [1.54, 1.807) is 18.2 Å². The molecule has 0 heterocycles. The Kier molecular flexibility index (Phi) is 16.7. The molecule has 0 amide bonds. The van der Waals surface area contributed by atoms with Gasteiger partial charge in [0, 0.05) is 0 Å². The maximum Gasteiger partial charge on any atom is 1.00 e. The first-order chi connectivity index (χ1) is 10.6. The quantitative estimate of drug-likeness (QED) is 0.424. The molecule has 0 unspecified atom stereocenters. The predicted molar refractivity (Wildman–Crippen MR) is 67.9 cm³/mol. The van der Waals surface area contributed by atoms with Gasteiger partial charge in [0.15, 0.2) is 0 Å². The van der Waals surface area contributed by atoms with Crippen LogP contribution in [0.2, 0.25) is 0 Å². The van der Waals surface area contributed by atoms with Crippen LogP contribution in [0.5, 0.6) is 0 Å². The zero-order valence-electron chi connectivity index (χ0n) is 13.3. The van der Waals surface area contributed by atoms with Gasteiger partial charge in [0.2, 0.25) is 0 Å². The normalized spacial score (nSPS) is 11.3. The van der Waals surface area contributed by atoms with Gasteiger partial charge in [0.05, 0.1) is 4.90 Å². The van der Waals surface area contributed by atoms with Crippen LogP contribution in [0.25, 0.3) is 0 Å². The molecule has 0 saturated carbocycles. The first-order valence-electron chi connectivity index (χ1n) is 5.25.